The van der Waals surface area contributed by atoms with Gasteiger partial charge in [0.25, 0.3) is 0 Å². The van der Waals surface area contributed by atoms with Gasteiger partial charge in [-0.25, -0.2) is 0 Å². The second-order valence-corrected chi connectivity index (χ2v) is 6.06. The summed E-state index contributed by atoms with van der Waals surface area (Å²) in [5, 5.41) is 3.58. The molecule has 0 aromatic heterocycles. The van der Waals surface area contributed by atoms with Gasteiger partial charge in [-0.15, -0.1) is 0 Å². The second-order valence-electron chi connectivity index (χ2n) is 6.06. The van der Waals surface area contributed by atoms with Gasteiger partial charge < -0.3 is 5.32 Å². The van der Waals surface area contributed by atoms with E-state index in [9.17, 15) is 0 Å². The van der Waals surface area contributed by atoms with Crippen LogP contribution < -0.4 is 5.32 Å². The van der Waals surface area contributed by atoms with E-state index in [0.717, 1.165) is 18.1 Å². The first kappa shape index (κ1) is 13.4. The lowest BCUT2D eigenvalue weighted by Gasteiger charge is -2.39. The molecule has 17 heavy (non-hydrogen) atoms. The lowest BCUT2D eigenvalue weighted by molar-refractivity contribution is 0.121. The Bertz CT molecular complexity index is 211. The largest absolute Gasteiger partial charge is 0.315 e. The van der Waals surface area contributed by atoms with E-state index in [1.54, 1.807) is 0 Å². The van der Waals surface area contributed by atoms with Gasteiger partial charge in [-0.1, -0.05) is 38.5 Å². The van der Waals surface area contributed by atoms with E-state index in [1.807, 2.05) is 0 Å². The fourth-order valence-electron chi connectivity index (χ4n) is 3.87. The molecule has 0 aromatic rings. The molecule has 0 bridgehead atoms. The van der Waals surface area contributed by atoms with Gasteiger partial charge in [0, 0.05) is 18.1 Å². The summed E-state index contributed by atoms with van der Waals surface area (Å²) in [4.78, 5) is 2.72. The van der Waals surface area contributed by atoms with Crippen LogP contribution in [0.2, 0.25) is 0 Å². The maximum Gasteiger partial charge on any atom is 0.0249 e. The van der Waals surface area contributed by atoms with E-state index in [2.05, 4.69) is 24.3 Å². The Balaban J connectivity index is 1.96. The first-order chi connectivity index (χ1) is 8.33. The molecule has 2 atom stereocenters. The van der Waals surface area contributed by atoms with Crippen LogP contribution in [-0.4, -0.2) is 37.1 Å². The lowest BCUT2D eigenvalue weighted by Crippen LogP contribution is -2.51. The molecule has 2 unspecified atom stereocenters. The van der Waals surface area contributed by atoms with Crippen LogP contribution in [0.25, 0.3) is 0 Å². The Morgan fingerprint density at radius 2 is 1.41 bits per heavy atom. The van der Waals surface area contributed by atoms with E-state index < -0.39 is 0 Å². The number of rotatable bonds is 3. The van der Waals surface area contributed by atoms with Crippen LogP contribution in [0.4, 0.5) is 0 Å². The average Bonchev–Trinajstić information content (AvgIpc) is 2.82. The minimum absolute atomic E-state index is 0.723. The molecule has 0 saturated heterocycles. The molecule has 2 fully saturated rings. The fraction of sp³-hybridized carbons (Fsp3) is 1.00. The quantitative estimate of drug-likeness (QED) is 0.812. The van der Waals surface area contributed by atoms with Gasteiger partial charge in [0.15, 0.2) is 0 Å². The van der Waals surface area contributed by atoms with E-state index >= 15 is 0 Å². The van der Waals surface area contributed by atoms with E-state index in [0.29, 0.717) is 0 Å². The van der Waals surface area contributed by atoms with Crippen molar-refractivity contribution >= 4 is 0 Å². The summed E-state index contributed by atoms with van der Waals surface area (Å²) in [6.07, 6.45) is 14.3. The van der Waals surface area contributed by atoms with Crippen LogP contribution >= 0.6 is 0 Å². The highest BCUT2D eigenvalue weighted by atomic mass is 15.2. The first-order valence-electron chi connectivity index (χ1n) is 7.72. The molecule has 2 heteroatoms. The van der Waals surface area contributed by atoms with Crippen molar-refractivity contribution in [2.75, 3.05) is 14.1 Å². The van der Waals surface area contributed by atoms with Crippen LogP contribution in [0, 0.1) is 0 Å². The lowest BCUT2D eigenvalue weighted by atomic mass is 9.90. The molecule has 0 heterocycles. The highest BCUT2D eigenvalue weighted by Crippen LogP contribution is 2.28. The molecule has 1 N–H and O–H groups in total. The Kier molecular flexibility index (Phi) is 5.30. The zero-order valence-corrected chi connectivity index (χ0v) is 11.8. The number of nitrogens with one attached hydrogen (secondary N) is 1. The van der Waals surface area contributed by atoms with Crippen LogP contribution in [-0.2, 0) is 0 Å². The molecule has 100 valence electrons. The van der Waals surface area contributed by atoms with Gasteiger partial charge in [-0.05, 0) is 39.8 Å². The second kappa shape index (κ2) is 6.75. The Morgan fingerprint density at radius 1 is 0.824 bits per heavy atom. The summed E-state index contributed by atoms with van der Waals surface area (Å²) < 4.78 is 0. The third-order valence-electron chi connectivity index (χ3n) is 5.02. The van der Waals surface area contributed by atoms with Crippen molar-refractivity contribution < 1.29 is 0 Å². The van der Waals surface area contributed by atoms with Crippen molar-refractivity contribution in [3.05, 3.63) is 0 Å². The third-order valence-corrected chi connectivity index (χ3v) is 5.02. The zero-order chi connectivity index (χ0) is 12.1. The maximum atomic E-state index is 3.58. The molecular formula is C15H30N2. The summed E-state index contributed by atoms with van der Waals surface area (Å²) in [5.41, 5.74) is 0. The van der Waals surface area contributed by atoms with Crippen LogP contribution in [0.5, 0.6) is 0 Å². The van der Waals surface area contributed by atoms with Gasteiger partial charge in [-0.2, -0.15) is 0 Å². The van der Waals surface area contributed by atoms with Gasteiger partial charge >= 0.3 is 0 Å². The van der Waals surface area contributed by atoms with Crippen molar-refractivity contribution in [3.8, 4) is 0 Å². The van der Waals surface area contributed by atoms with Crippen LogP contribution in [0.15, 0.2) is 0 Å². The molecule has 0 spiro atoms. The minimum Gasteiger partial charge on any atom is -0.315 e. The summed E-state index contributed by atoms with van der Waals surface area (Å²) >= 11 is 0. The van der Waals surface area contributed by atoms with Gasteiger partial charge in [0.05, 0.1) is 0 Å². The Morgan fingerprint density at radius 3 is 2.06 bits per heavy atom. The molecule has 0 amide bonds. The topological polar surface area (TPSA) is 15.3 Å². The van der Waals surface area contributed by atoms with Crippen molar-refractivity contribution in [2.24, 2.45) is 0 Å². The predicted octanol–water partition coefficient (Wildman–Crippen LogP) is 3.17. The Hall–Kier alpha value is -0.0800. The molecule has 2 rings (SSSR count). The normalized spacial score (nSPS) is 32.6. The highest BCUT2D eigenvalue weighted by Gasteiger charge is 2.30. The number of nitrogens with zero attached hydrogens (tertiary/aromatic N) is 1. The van der Waals surface area contributed by atoms with E-state index in [-0.39, 0.29) is 0 Å². The van der Waals surface area contributed by atoms with Gasteiger partial charge in [0.2, 0.25) is 0 Å². The van der Waals surface area contributed by atoms with E-state index in [4.69, 9.17) is 0 Å². The average molecular weight is 238 g/mol. The maximum absolute atomic E-state index is 3.58. The number of likely N-dealkylation sites (N-methyl/N-ethyl adjacent to an activating group) is 2. The Labute approximate surface area is 107 Å². The van der Waals surface area contributed by atoms with E-state index in [1.165, 1.54) is 64.2 Å². The molecule has 0 radical (unpaired) electrons. The summed E-state index contributed by atoms with van der Waals surface area (Å²) in [5.74, 6) is 0. The highest BCUT2D eigenvalue weighted by molar-refractivity contribution is 4.88. The first-order valence-corrected chi connectivity index (χ1v) is 7.72. The molecule has 2 nitrogen and oxygen atoms in total. The molecular weight excluding hydrogens is 208 g/mol. The SMILES string of the molecule is CNC1CCCCCCC1N(C)C1CCCC1. The summed E-state index contributed by atoms with van der Waals surface area (Å²) in [6, 6.07) is 2.37. The molecule has 0 aliphatic heterocycles. The monoisotopic (exact) mass is 238 g/mol. The molecule has 0 aromatic carbocycles. The predicted molar refractivity (Wildman–Crippen MR) is 74.4 cm³/mol. The zero-order valence-electron chi connectivity index (χ0n) is 11.8. The van der Waals surface area contributed by atoms with Gasteiger partial charge in [-0.3, -0.25) is 4.90 Å². The fourth-order valence-corrected chi connectivity index (χ4v) is 3.87. The summed E-state index contributed by atoms with van der Waals surface area (Å²) in [7, 11) is 4.54. The van der Waals surface area contributed by atoms with Crippen LogP contribution in [0.1, 0.15) is 64.2 Å². The molecule has 2 aliphatic carbocycles. The van der Waals surface area contributed by atoms with Gasteiger partial charge in [0.1, 0.15) is 0 Å². The smallest absolute Gasteiger partial charge is 0.0249 e. The summed E-state index contributed by atoms with van der Waals surface area (Å²) in [6.45, 7) is 0. The minimum atomic E-state index is 0.723. The van der Waals surface area contributed by atoms with Crippen molar-refractivity contribution in [1.82, 2.24) is 10.2 Å². The molecule has 2 aliphatic rings. The standard InChI is InChI=1S/C15H30N2/c1-16-14-11-5-3-4-6-12-15(14)17(2)13-9-7-8-10-13/h13-16H,3-12H2,1-2H3. The third kappa shape index (κ3) is 3.45. The van der Waals surface area contributed by atoms with Crippen molar-refractivity contribution in [1.29, 1.82) is 0 Å². The van der Waals surface area contributed by atoms with Crippen LogP contribution in [0.3, 0.4) is 0 Å². The van der Waals surface area contributed by atoms with Crippen molar-refractivity contribution in [2.45, 2.75) is 82.3 Å². The van der Waals surface area contributed by atoms with Crippen molar-refractivity contribution in [3.63, 3.8) is 0 Å². The number of hydrogen-bond donors (Lipinski definition) is 1. The molecule has 2 saturated carbocycles. The number of hydrogen-bond acceptors (Lipinski definition) is 2.